The largest absolute Gasteiger partial charge is 0.103 e. The van der Waals surface area contributed by atoms with Crippen LogP contribution in [-0.4, -0.2) is 30.3 Å². The first-order valence-corrected chi connectivity index (χ1v) is 11.4. The van der Waals surface area contributed by atoms with Gasteiger partial charge in [0.2, 0.25) is 0 Å². The van der Waals surface area contributed by atoms with Crippen LogP contribution in [0, 0.1) is 0 Å². The van der Waals surface area contributed by atoms with Crippen molar-refractivity contribution >= 4 is 15.8 Å². The van der Waals surface area contributed by atoms with Crippen LogP contribution in [0.1, 0.15) is 43.8 Å². The van der Waals surface area contributed by atoms with Gasteiger partial charge in [0.1, 0.15) is 0 Å². The highest BCUT2D eigenvalue weighted by Crippen LogP contribution is 2.61. The van der Waals surface area contributed by atoms with E-state index in [0.29, 0.717) is 15.8 Å². The Bertz CT molecular complexity index is 390. The van der Waals surface area contributed by atoms with Gasteiger partial charge in [-0.1, -0.05) is 45.2 Å². The molecule has 3 rings (SSSR count). The van der Waals surface area contributed by atoms with E-state index in [1.807, 2.05) is 0 Å². The van der Waals surface area contributed by atoms with Crippen LogP contribution in [0.25, 0.3) is 0 Å². The van der Waals surface area contributed by atoms with E-state index >= 15 is 0 Å². The smallest absolute Gasteiger partial charge is 0.00420 e. The molecule has 0 saturated carbocycles. The van der Waals surface area contributed by atoms with Gasteiger partial charge in [-0.2, -0.15) is 0 Å². The number of rotatable bonds is 4. The second-order valence-corrected chi connectivity index (χ2v) is 11.8. The maximum absolute atomic E-state index is 2.51. The predicted molar refractivity (Wildman–Crippen MR) is 90.4 cm³/mol. The predicted octanol–water partition coefficient (Wildman–Crippen LogP) is 5.67. The van der Waals surface area contributed by atoms with Gasteiger partial charge in [-0.3, -0.25) is 0 Å². The number of hydrogen-bond acceptors (Lipinski definition) is 0. The summed E-state index contributed by atoms with van der Waals surface area (Å²) >= 11 is 0. The van der Waals surface area contributed by atoms with Crippen LogP contribution in [0.2, 0.25) is 0 Å². The second-order valence-electron chi connectivity index (χ2n) is 6.13. The maximum Gasteiger partial charge on any atom is 0.00420 e. The van der Waals surface area contributed by atoms with E-state index in [1.54, 1.807) is 30.2 Å². The second kappa shape index (κ2) is 6.69. The van der Waals surface area contributed by atoms with Gasteiger partial charge in [0, 0.05) is 5.66 Å². The Morgan fingerprint density at radius 1 is 0.947 bits per heavy atom. The van der Waals surface area contributed by atoms with Crippen molar-refractivity contribution in [3.8, 4) is 0 Å². The topological polar surface area (TPSA) is 0 Å². The molecule has 0 spiro atoms. The molecule has 0 amide bonds. The molecule has 0 radical (unpaired) electrons. The van der Waals surface area contributed by atoms with Crippen molar-refractivity contribution in [3.63, 3.8) is 0 Å². The van der Waals surface area contributed by atoms with Crippen molar-refractivity contribution in [2.24, 2.45) is 0 Å². The monoisotopic (exact) mass is 292 g/mol. The Labute approximate surface area is 120 Å². The standard InChI is InChI=1S/C17H26P2/c1-15-7-5-11-18(15)13-14-19-12-6-10-17(19)16-8-3-2-4-9-16/h2-4,8-9,15,17H,5-7,10-14H2,1H3/t15-,17+,18?,19?/m0/s1. The van der Waals surface area contributed by atoms with Gasteiger partial charge in [0.15, 0.2) is 0 Å². The van der Waals surface area contributed by atoms with Crippen LogP contribution in [0.4, 0.5) is 0 Å². The summed E-state index contributed by atoms with van der Waals surface area (Å²) in [5.41, 5.74) is 3.64. The molecule has 19 heavy (non-hydrogen) atoms. The molecular formula is C17H26P2. The van der Waals surface area contributed by atoms with Crippen LogP contribution in [0.15, 0.2) is 30.3 Å². The molecule has 2 saturated heterocycles. The molecule has 104 valence electrons. The lowest BCUT2D eigenvalue weighted by Crippen LogP contribution is -2.01. The average molecular weight is 292 g/mol. The Balaban J connectivity index is 1.58. The molecule has 0 N–H and O–H groups in total. The van der Waals surface area contributed by atoms with Crippen molar-refractivity contribution in [3.05, 3.63) is 35.9 Å². The van der Waals surface area contributed by atoms with E-state index in [9.17, 15) is 0 Å². The zero-order valence-electron chi connectivity index (χ0n) is 12.1. The Morgan fingerprint density at radius 3 is 2.37 bits per heavy atom. The minimum Gasteiger partial charge on any atom is -0.103 e. The Hall–Kier alpha value is 0.0800. The van der Waals surface area contributed by atoms with Gasteiger partial charge >= 0.3 is 0 Å². The minimum atomic E-state index is 0.296. The SMILES string of the molecule is C[C@H]1CCCP1CCP1CCC[C@@H]1c1ccccc1. The van der Waals surface area contributed by atoms with Gasteiger partial charge in [-0.05, 0) is 61.6 Å². The zero-order chi connectivity index (χ0) is 13.1. The van der Waals surface area contributed by atoms with Gasteiger partial charge in [0.05, 0.1) is 0 Å². The van der Waals surface area contributed by atoms with E-state index in [2.05, 4.69) is 37.3 Å². The highest BCUT2D eigenvalue weighted by atomic mass is 31.1. The molecule has 0 aromatic heterocycles. The van der Waals surface area contributed by atoms with Crippen molar-refractivity contribution in [1.82, 2.24) is 0 Å². The molecule has 1 aromatic rings. The summed E-state index contributed by atoms with van der Waals surface area (Å²) < 4.78 is 0. The van der Waals surface area contributed by atoms with Crippen LogP contribution >= 0.6 is 15.8 Å². The third kappa shape index (κ3) is 3.40. The average Bonchev–Trinajstić information content (AvgIpc) is 3.06. The summed E-state index contributed by atoms with van der Waals surface area (Å²) in [4.78, 5) is 0. The highest BCUT2D eigenvalue weighted by Gasteiger charge is 2.30. The quantitative estimate of drug-likeness (QED) is 0.627. The van der Waals surface area contributed by atoms with Crippen molar-refractivity contribution in [2.75, 3.05) is 24.6 Å². The van der Waals surface area contributed by atoms with Crippen LogP contribution in [-0.2, 0) is 0 Å². The summed E-state index contributed by atoms with van der Waals surface area (Å²) in [6, 6.07) is 11.3. The van der Waals surface area contributed by atoms with Gasteiger partial charge in [-0.15, -0.1) is 7.92 Å². The van der Waals surface area contributed by atoms with E-state index in [-0.39, 0.29) is 0 Å². The zero-order valence-corrected chi connectivity index (χ0v) is 13.9. The van der Waals surface area contributed by atoms with Gasteiger partial charge in [0.25, 0.3) is 0 Å². The number of hydrogen-bond donors (Lipinski definition) is 0. The summed E-state index contributed by atoms with van der Waals surface area (Å²) in [7, 11) is 0.702. The van der Waals surface area contributed by atoms with Gasteiger partial charge < -0.3 is 0 Å². The molecule has 0 bridgehead atoms. The maximum atomic E-state index is 2.51. The van der Waals surface area contributed by atoms with Crippen molar-refractivity contribution in [1.29, 1.82) is 0 Å². The van der Waals surface area contributed by atoms with Gasteiger partial charge in [-0.25, -0.2) is 0 Å². The fourth-order valence-corrected chi connectivity index (χ4v) is 10.6. The minimum absolute atomic E-state index is 0.296. The van der Waals surface area contributed by atoms with E-state index in [1.165, 1.54) is 25.7 Å². The molecule has 0 aliphatic carbocycles. The molecule has 0 nitrogen and oxygen atoms in total. The van der Waals surface area contributed by atoms with Crippen LogP contribution in [0.5, 0.6) is 0 Å². The molecule has 1 aromatic carbocycles. The highest BCUT2D eigenvalue weighted by molar-refractivity contribution is 7.62. The summed E-state index contributed by atoms with van der Waals surface area (Å²) in [6.45, 7) is 2.51. The molecule has 2 heterocycles. The Kier molecular flexibility index (Phi) is 4.94. The van der Waals surface area contributed by atoms with Crippen LogP contribution in [0.3, 0.4) is 0 Å². The van der Waals surface area contributed by atoms with Crippen molar-refractivity contribution < 1.29 is 0 Å². The lowest BCUT2D eigenvalue weighted by atomic mass is 10.1. The van der Waals surface area contributed by atoms with E-state index in [0.717, 1.165) is 11.3 Å². The molecule has 4 atom stereocenters. The molecular weight excluding hydrogens is 266 g/mol. The first kappa shape index (κ1) is 14.0. The fourth-order valence-electron chi connectivity index (χ4n) is 3.73. The molecule has 2 aliphatic rings. The fraction of sp³-hybridized carbons (Fsp3) is 0.647. The lowest BCUT2D eigenvalue weighted by Gasteiger charge is -2.24. The van der Waals surface area contributed by atoms with Crippen LogP contribution < -0.4 is 0 Å². The molecule has 2 fully saturated rings. The third-order valence-corrected chi connectivity index (χ3v) is 11.6. The normalized spacial score (nSPS) is 34.8. The van der Waals surface area contributed by atoms with Crippen molar-refractivity contribution in [2.45, 2.75) is 43.9 Å². The summed E-state index contributed by atoms with van der Waals surface area (Å²) in [5.74, 6) is 0. The molecule has 2 aliphatic heterocycles. The lowest BCUT2D eigenvalue weighted by molar-refractivity contribution is 0.826. The summed E-state index contributed by atoms with van der Waals surface area (Å²) in [5, 5.41) is 0. The third-order valence-electron chi connectivity index (χ3n) is 4.91. The first-order valence-electron chi connectivity index (χ1n) is 7.87. The first-order chi connectivity index (χ1) is 9.34. The molecule has 2 unspecified atom stereocenters. The van der Waals surface area contributed by atoms with E-state index < -0.39 is 0 Å². The summed E-state index contributed by atoms with van der Waals surface area (Å²) in [6.07, 6.45) is 12.3. The number of benzene rings is 1. The Morgan fingerprint density at radius 2 is 1.63 bits per heavy atom. The van der Waals surface area contributed by atoms with E-state index in [4.69, 9.17) is 0 Å². The molecule has 2 heteroatoms.